The highest BCUT2D eigenvalue weighted by Gasteiger charge is 2.18. The van der Waals surface area contributed by atoms with Gasteiger partial charge in [-0.25, -0.2) is 9.97 Å². The van der Waals surface area contributed by atoms with Crippen LogP contribution in [0, 0.1) is 0 Å². The Labute approximate surface area is 114 Å². The molecule has 2 heterocycles. The molecule has 5 heteroatoms. The fraction of sp³-hybridized carbons (Fsp3) is 0.571. The second-order valence-electron chi connectivity index (χ2n) is 4.95. The Morgan fingerprint density at radius 2 is 2.21 bits per heavy atom. The number of nitrogens with zero attached hydrogens (tertiary/aromatic N) is 4. The normalized spacial score (nSPS) is 12.8. The molecule has 0 aliphatic heterocycles. The average Bonchev–Trinajstić information content (AvgIpc) is 2.86. The third-order valence-corrected chi connectivity index (χ3v) is 3.52. The number of unbranched alkanes of at least 4 members (excludes halogenated alkanes) is 1. The van der Waals surface area contributed by atoms with E-state index in [1.165, 1.54) is 6.42 Å². The van der Waals surface area contributed by atoms with Crippen LogP contribution < -0.4 is 10.6 Å². The first-order valence-corrected chi connectivity index (χ1v) is 7.03. The number of anilines is 2. The summed E-state index contributed by atoms with van der Waals surface area (Å²) in [6, 6.07) is 0.432. The summed E-state index contributed by atoms with van der Waals surface area (Å²) in [6.45, 7) is 7.61. The Hall–Kier alpha value is -1.78. The first kappa shape index (κ1) is 13.6. The minimum absolute atomic E-state index is 0.432. The van der Waals surface area contributed by atoms with Crippen molar-refractivity contribution in [1.29, 1.82) is 0 Å². The molecular weight excluding hydrogens is 238 g/mol. The van der Waals surface area contributed by atoms with Gasteiger partial charge < -0.3 is 15.0 Å². The fourth-order valence-electron chi connectivity index (χ4n) is 2.21. The number of hydrogen-bond donors (Lipinski definition) is 1. The van der Waals surface area contributed by atoms with Gasteiger partial charge in [-0.3, -0.25) is 0 Å². The van der Waals surface area contributed by atoms with Crippen molar-refractivity contribution in [3.8, 4) is 0 Å². The van der Waals surface area contributed by atoms with Crippen LogP contribution in [0.2, 0.25) is 0 Å². The van der Waals surface area contributed by atoms with Crippen LogP contribution in [0.3, 0.4) is 0 Å². The van der Waals surface area contributed by atoms with Crippen molar-refractivity contribution in [2.75, 3.05) is 17.2 Å². The van der Waals surface area contributed by atoms with E-state index in [0.717, 1.165) is 30.9 Å². The molecule has 0 amide bonds. The Morgan fingerprint density at radius 3 is 2.89 bits per heavy atom. The van der Waals surface area contributed by atoms with Gasteiger partial charge in [-0.15, -0.1) is 0 Å². The van der Waals surface area contributed by atoms with Crippen molar-refractivity contribution in [1.82, 2.24) is 14.4 Å². The standard InChI is InChI=1S/C14H23N5/c1-4-6-8-19(11(3)5-2)14-13-16-7-9-18(13)10-12(15)17-14/h7,9-11H,4-6,8,15H2,1-3H3. The molecule has 2 rings (SSSR count). The zero-order chi connectivity index (χ0) is 13.8. The van der Waals surface area contributed by atoms with Crippen molar-refractivity contribution in [3.05, 3.63) is 18.6 Å². The molecule has 0 fully saturated rings. The summed E-state index contributed by atoms with van der Waals surface area (Å²) < 4.78 is 1.94. The summed E-state index contributed by atoms with van der Waals surface area (Å²) in [4.78, 5) is 11.2. The van der Waals surface area contributed by atoms with Crippen molar-refractivity contribution in [2.24, 2.45) is 0 Å². The van der Waals surface area contributed by atoms with Gasteiger partial charge in [-0.1, -0.05) is 20.3 Å². The molecule has 0 aliphatic carbocycles. The second-order valence-corrected chi connectivity index (χ2v) is 4.95. The predicted octanol–water partition coefficient (Wildman–Crippen LogP) is 2.72. The van der Waals surface area contributed by atoms with E-state index in [1.54, 1.807) is 12.4 Å². The highest BCUT2D eigenvalue weighted by molar-refractivity contribution is 5.66. The molecule has 0 aliphatic rings. The average molecular weight is 261 g/mol. The molecule has 104 valence electrons. The molecule has 1 atom stereocenters. The Bertz CT molecular complexity index is 534. The van der Waals surface area contributed by atoms with Gasteiger partial charge in [0.05, 0.1) is 6.20 Å². The minimum atomic E-state index is 0.432. The van der Waals surface area contributed by atoms with Crippen molar-refractivity contribution in [2.45, 2.75) is 46.1 Å². The van der Waals surface area contributed by atoms with Crippen LogP contribution in [0.1, 0.15) is 40.0 Å². The Kier molecular flexibility index (Phi) is 4.24. The van der Waals surface area contributed by atoms with Crippen LogP contribution >= 0.6 is 0 Å². The molecule has 0 spiro atoms. The van der Waals surface area contributed by atoms with E-state index in [1.807, 2.05) is 10.6 Å². The first-order valence-electron chi connectivity index (χ1n) is 7.03. The maximum Gasteiger partial charge on any atom is 0.180 e. The summed E-state index contributed by atoms with van der Waals surface area (Å²) in [6.07, 6.45) is 8.89. The second kappa shape index (κ2) is 5.91. The smallest absolute Gasteiger partial charge is 0.180 e. The molecule has 5 nitrogen and oxygen atoms in total. The monoisotopic (exact) mass is 261 g/mol. The summed E-state index contributed by atoms with van der Waals surface area (Å²) in [7, 11) is 0. The molecule has 0 radical (unpaired) electrons. The first-order chi connectivity index (χ1) is 9.17. The van der Waals surface area contributed by atoms with Gasteiger partial charge in [-0.05, 0) is 19.8 Å². The molecule has 0 aromatic carbocycles. The number of fused-ring (bicyclic) bond motifs is 1. The van der Waals surface area contributed by atoms with E-state index >= 15 is 0 Å². The van der Waals surface area contributed by atoms with Gasteiger partial charge >= 0.3 is 0 Å². The summed E-state index contributed by atoms with van der Waals surface area (Å²) >= 11 is 0. The lowest BCUT2D eigenvalue weighted by atomic mass is 10.2. The van der Waals surface area contributed by atoms with Gasteiger partial charge in [0.25, 0.3) is 0 Å². The van der Waals surface area contributed by atoms with Gasteiger partial charge in [0, 0.05) is 25.0 Å². The third kappa shape index (κ3) is 2.80. The minimum Gasteiger partial charge on any atom is -0.382 e. The molecular formula is C14H23N5. The summed E-state index contributed by atoms with van der Waals surface area (Å²) in [5.41, 5.74) is 6.79. The lowest BCUT2D eigenvalue weighted by Crippen LogP contribution is -2.34. The fourth-order valence-corrected chi connectivity index (χ4v) is 2.21. The Balaban J connectivity index is 2.44. The van der Waals surface area contributed by atoms with E-state index in [4.69, 9.17) is 5.73 Å². The van der Waals surface area contributed by atoms with Crippen molar-refractivity contribution >= 4 is 17.3 Å². The number of nitrogen functional groups attached to an aromatic ring is 1. The third-order valence-electron chi connectivity index (χ3n) is 3.52. The van der Waals surface area contributed by atoms with E-state index in [-0.39, 0.29) is 0 Å². The van der Waals surface area contributed by atoms with E-state index < -0.39 is 0 Å². The lowest BCUT2D eigenvalue weighted by Gasteiger charge is -2.30. The Morgan fingerprint density at radius 1 is 1.42 bits per heavy atom. The highest BCUT2D eigenvalue weighted by atomic mass is 15.2. The molecule has 0 saturated heterocycles. The quantitative estimate of drug-likeness (QED) is 0.868. The van der Waals surface area contributed by atoms with Crippen LogP contribution in [0.25, 0.3) is 5.65 Å². The lowest BCUT2D eigenvalue weighted by molar-refractivity contribution is 0.590. The van der Waals surface area contributed by atoms with Crippen LogP contribution in [-0.4, -0.2) is 27.0 Å². The largest absolute Gasteiger partial charge is 0.382 e. The maximum absolute atomic E-state index is 5.91. The summed E-state index contributed by atoms with van der Waals surface area (Å²) in [5, 5.41) is 0. The number of rotatable bonds is 6. The molecule has 1 unspecified atom stereocenters. The number of aromatic nitrogens is 3. The van der Waals surface area contributed by atoms with E-state index in [2.05, 4.69) is 35.6 Å². The van der Waals surface area contributed by atoms with Gasteiger partial charge in [0.2, 0.25) is 0 Å². The highest BCUT2D eigenvalue weighted by Crippen LogP contribution is 2.23. The SMILES string of the molecule is CCCCN(c1nc(N)cn2ccnc12)C(C)CC. The predicted molar refractivity (Wildman–Crippen MR) is 79.4 cm³/mol. The summed E-state index contributed by atoms with van der Waals surface area (Å²) in [5.74, 6) is 1.43. The number of imidazole rings is 1. The molecule has 0 bridgehead atoms. The van der Waals surface area contributed by atoms with Crippen LogP contribution in [-0.2, 0) is 0 Å². The molecule has 0 saturated carbocycles. The maximum atomic E-state index is 5.91. The van der Waals surface area contributed by atoms with Crippen LogP contribution in [0.5, 0.6) is 0 Å². The molecule has 2 aromatic heterocycles. The van der Waals surface area contributed by atoms with E-state index in [9.17, 15) is 0 Å². The zero-order valence-corrected chi connectivity index (χ0v) is 12.0. The molecule has 2 aromatic rings. The zero-order valence-electron chi connectivity index (χ0n) is 12.0. The van der Waals surface area contributed by atoms with E-state index in [0.29, 0.717) is 11.9 Å². The number of hydrogen-bond acceptors (Lipinski definition) is 4. The van der Waals surface area contributed by atoms with Crippen LogP contribution in [0.4, 0.5) is 11.6 Å². The number of nitrogens with two attached hydrogens (primary N) is 1. The topological polar surface area (TPSA) is 59.5 Å². The van der Waals surface area contributed by atoms with Gasteiger partial charge in [0.1, 0.15) is 5.82 Å². The van der Waals surface area contributed by atoms with Gasteiger partial charge in [0.15, 0.2) is 11.5 Å². The van der Waals surface area contributed by atoms with Crippen molar-refractivity contribution < 1.29 is 0 Å². The van der Waals surface area contributed by atoms with Gasteiger partial charge in [-0.2, -0.15) is 0 Å². The van der Waals surface area contributed by atoms with Crippen LogP contribution in [0.15, 0.2) is 18.6 Å². The molecule has 19 heavy (non-hydrogen) atoms. The van der Waals surface area contributed by atoms with Crippen molar-refractivity contribution in [3.63, 3.8) is 0 Å². The molecule has 2 N–H and O–H groups in total.